The Labute approximate surface area is 153 Å². The number of carbonyl (C=O) groups excluding carboxylic acids is 1. The number of rotatable bonds is 6. The normalized spacial score (nSPS) is 10.7. The second-order valence-electron chi connectivity index (χ2n) is 6.23. The van der Waals surface area contributed by atoms with E-state index < -0.39 is 0 Å². The fraction of sp³-hybridized carbons (Fsp3) is 0.238. The number of benzene rings is 2. The van der Waals surface area contributed by atoms with Crippen LogP contribution >= 0.6 is 0 Å². The Hall–Kier alpha value is -2.92. The van der Waals surface area contributed by atoms with Crippen molar-refractivity contribution in [3.63, 3.8) is 0 Å². The number of nitrogens with two attached hydrogens (primary N) is 1. The largest absolute Gasteiger partial charge is 0.469 e. The summed E-state index contributed by atoms with van der Waals surface area (Å²) in [5.41, 5.74) is 10.9. The fourth-order valence-electron chi connectivity index (χ4n) is 2.85. The second kappa shape index (κ2) is 7.97. The fourth-order valence-corrected chi connectivity index (χ4v) is 2.85. The lowest BCUT2D eigenvalue weighted by Crippen LogP contribution is -2.01. The molecule has 2 aromatic carbocycles. The molecule has 0 radical (unpaired) electrons. The minimum Gasteiger partial charge on any atom is -0.469 e. The minimum absolute atomic E-state index is 0.191. The lowest BCUT2D eigenvalue weighted by Gasteiger charge is -2.04. The van der Waals surface area contributed by atoms with Crippen molar-refractivity contribution in [1.29, 1.82) is 0 Å². The Morgan fingerprint density at radius 2 is 1.65 bits per heavy atom. The van der Waals surface area contributed by atoms with Crippen molar-refractivity contribution in [2.45, 2.75) is 19.4 Å². The lowest BCUT2D eigenvalue weighted by molar-refractivity contribution is -0.140. The van der Waals surface area contributed by atoms with Crippen molar-refractivity contribution in [3.05, 3.63) is 65.9 Å². The number of hydrogen-bond acceptors (Lipinski definition) is 4. The van der Waals surface area contributed by atoms with Gasteiger partial charge in [-0.1, -0.05) is 48.5 Å². The highest BCUT2D eigenvalue weighted by Gasteiger charge is 2.10. The topological polar surface area (TPSA) is 70.1 Å². The number of esters is 1. The number of aromatic nitrogens is 2. The van der Waals surface area contributed by atoms with Gasteiger partial charge in [-0.2, -0.15) is 0 Å². The van der Waals surface area contributed by atoms with E-state index in [1.54, 1.807) is 0 Å². The summed E-state index contributed by atoms with van der Waals surface area (Å²) in [5, 5.41) is 0. The summed E-state index contributed by atoms with van der Waals surface area (Å²) in [7, 11) is 3.40. The van der Waals surface area contributed by atoms with Gasteiger partial charge in [0, 0.05) is 37.3 Å². The molecule has 0 bridgehead atoms. The summed E-state index contributed by atoms with van der Waals surface area (Å²) in [6, 6.07) is 16.3. The Morgan fingerprint density at radius 1 is 1.04 bits per heavy atom. The minimum atomic E-state index is -0.191. The van der Waals surface area contributed by atoms with Crippen molar-refractivity contribution >= 4 is 5.97 Å². The molecule has 0 spiro atoms. The number of carbonyl (C=O) groups is 1. The van der Waals surface area contributed by atoms with Crippen LogP contribution in [0.25, 0.3) is 22.6 Å². The summed E-state index contributed by atoms with van der Waals surface area (Å²) in [5.74, 6) is 0.714. The average molecular weight is 349 g/mol. The molecule has 0 saturated carbocycles. The quantitative estimate of drug-likeness (QED) is 0.693. The van der Waals surface area contributed by atoms with Gasteiger partial charge in [0.25, 0.3) is 0 Å². The predicted octanol–water partition coefficient (Wildman–Crippen LogP) is 3.32. The summed E-state index contributed by atoms with van der Waals surface area (Å²) >= 11 is 0. The van der Waals surface area contributed by atoms with Crippen molar-refractivity contribution in [3.8, 4) is 22.6 Å². The molecule has 0 unspecified atom stereocenters. The van der Waals surface area contributed by atoms with E-state index in [1.807, 2.05) is 66.3 Å². The van der Waals surface area contributed by atoms with E-state index in [0.29, 0.717) is 19.4 Å². The molecule has 0 aliphatic rings. The van der Waals surface area contributed by atoms with Gasteiger partial charge in [-0.25, -0.2) is 4.98 Å². The highest BCUT2D eigenvalue weighted by molar-refractivity contribution is 5.69. The smallest absolute Gasteiger partial charge is 0.305 e. The van der Waals surface area contributed by atoms with Crippen LogP contribution in [-0.4, -0.2) is 22.6 Å². The molecule has 134 valence electrons. The first-order valence-corrected chi connectivity index (χ1v) is 8.59. The van der Waals surface area contributed by atoms with Crippen LogP contribution in [0, 0.1) is 0 Å². The van der Waals surface area contributed by atoms with Crippen LogP contribution in [0.15, 0.2) is 54.7 Å². The van der Waals surface area contributed by atoms with Crippen molar-refractivity contribution in [2.24, 2.45) is 12.8 Å². The van der Waals surface area contributed by atoms with Gasteiger partial charge in [0.2, 0.25) is 0 Å². The number of imidazole rings is 1. The van der Waals surface area contributed by atoms with Crippen LogP contribution in [0.3, 0.4) is 0 Å². The molecule has 1 aromatic heterocycles. The molecular weight excluding hydrogens is 326 g/mol. The number of hydrogen-bond donors (Lipinski definition) is 1. The molecule has 3 aromatic rings. The predicted molar refractivity (Wildman–Crippen MR) is 102 cm³/mol. The highest BCUT2D eigenvalue weighted by atomic mass is 16.5. The first-order chi connectivity index (χ1) is 12.6. The standard InChI is InChI=1S/C21H23N3O2/c1-24-14-19(17-8-5-16(13-22)6-9-17)23-21(24)18-10-3-15(4-11-18)7-12-20(25)26-2/h3-6,8-11,14H,7,12-13,22H2,1-2H3. The molecule has 2 N–H and O–H groups in total. The maximum absolute atomic E-state index is 11.3. The maximum Gasteiger partial charge on any atom is 0.305 e. The molecular formula is C21H23N3O2. The van der Waals surface area contributed by atoms with E-state index in [0.717, 1.165) is 33.8 Å². The van der Waals surface area contributed by atoms with Crippen LogP contribution < -0.4 is 5.73 Å². The highest BCUT2D eigenvalue weighted by Crippen LogP contribution is 2.25. The van der Waals surface area contributed by atoms with Crippen molar-refractivity contribution in [1.82, 2.24) is 9.55 Å². The van der Waals surface area contributed by atoms with Gasteiger partial charge in [-0.15, -0.1) is 0 Å². The monoisotopic (exact) mass is 349 g/mol. The molecule has 0 amide bonds. The molecule has 0 aliphatic carbocycles. The Morgan fingerprint density at radius 3 is 2.27 bits per heavy atom. The molecule has 5 heteroatoms. The molecule has 3 rings (SSSR count). The van der Waals surface area contributed by atoms with E-state index >= 15 is 0 Å². The van der Waals surface area contributed by atoms with Crippen molar-refractivity contribution < 1.29 is 9.53 Å². The van der Waals surface area contributed by atoms with E-state index in [2.05, 4.69) is 4.74 Å². The van der Waals surface area contributed by atoms with Gasteiger partial charge in [0.05, 0.1) is 12.8 Å². The molecule has 0 saturated heterocycles. The Balaban J connectivity index is 1.79. The van der Waals surface area contributed by atoms with Crippen LogP contribution in [0.2, 0.25) is 0 Å². The third-order valence-electron chi connectivity index (χ3n) is 4.42. The summed E-state index contributed by atoms with van der Waals surface area (Å²) < 4.78 is 6.70. The first-order valence-electron chi connectivity index (χ1n) is 8.59. The molecule has 0 aliphatic heterocycles. The van der Waals surface area contributed by atoms with Crippen LogP contribution in [0.4, 0.5) is 0 Å². The molecule has 1 heterocycles. The Kier molecular flexibility index (Phi) is 5.49. The zero-order valence-corrected chi connectivity index (χ0v) is 15.1. The SMILES string of the molecule is COC(=O)CCc1ccc(-c2nc(-c3ccc(CN)cc3)cn2C)cc1. The van der Waals surface area contributed by atoms with Gasteiger partial charge in [0.1, 0.15) is 5.82 Å². The van der Waals surface area contributed by atoms with E-state index in [1.165, 1.54) is 7.11 Å². The Bertz CT molecular complexity index is 881. The van der Waals surface area contributed by atoms with Gasteiger partial charge < -0.3 is 15.0 Å². The van der Waals surface area contributed by atoms with Crippen LogP contribution in [0.1, 0.15) is 17.5 Å². The number of ether oxygens (including phenoxy) is 1. The number of aryl methyl sites for hydroxylation is 2. The first kappa shape index (κ1) is 17.9. The molecule has 0 fully saturated rings. The van der Waals surface area contributed by atoms with Gasteiger partial charge in [-0.3, -0.25) is 4.79 Å². The summed E-state index contributed by atoms with van der Waals surface area (Å²) in [6.45, 7) is 0.538. The van der Waals surface area contributed by atoms with Crippen LogP contribution in [-0.2, 0) is 29.5 Å². The molecule has 0 atom stereocenters. The van der Waals surface area contributed by atoms with E-state index in [9.17, 15) is 4.79 Å². The van der Waals surface area contributed by atoms with E-state index in [-0.39, 0.29) is 5.97 Å². The van der Waals surface area contributed by atoms with Crippen LogP contribution in [0.5, 0.6) is 0 Å². The zero-order chi connectivity index (χ0) is 18.5. The second-order valence-corrected chi connectivity index (χ2v) is 6.23. The third kappa shape index (κ3) is 4.00. The lowest BCUT2D eigenvalue weighted by atomic mass is 10.1. The molecule has 5 nitrogen and oxygen atoms in total. The van der Waals surface area contributed by atoms with E-state index in [4.69, 9.17) is 10.7 Å². The zero-order valence-electron chi connectivity index (χ0n) is 15.1. The van der Waals surface area contributed by atoms with Gasteiger partial charge >= 0.3 is 5.97 Å². The third-order valence-corrected chi connectivity index (χ3v) is 4.42. The summed E-state index contributed by atoms with van der Waals surface area (Å²) in [4.78, 5) is 16.0. The maximum atomic E-state index is 11.3. The average Bonchev–Trinajstić information content (AvgIpc) is 3.08. The van der Waals surface area contributed by atoms with Crippen molar-refractivity contribution in [2.75, 3.05) is 7.11 Å². The summed E-state index contributed by atoms with van der Waals surface area (Å²) in [6.07, 6.45) is 3.09. The van der Waals surface area contributed by atoms with Gasteiger partial charge in [-0.05, 0) is 17.5 Å². The number of methoxy groups -OCH3 is 1. The van der Waals surface area contributed by atoms with Gasteiger partial charge in [0.15, 0.2) is 0 Å². The number of nitrogens with zero attached hydrogens (tertiary/aromatic N) is 2. The molecule has 26 heavy (non-hydrogen) atoms.